The van der Waals surface area contributed by atoms with Gasteiger partial charge in [0, 0.05) is 24.4 Å². The van der Waals surface area contributed by atoms with Gasteiger partial charge in [-0.3, -0.25) is 9.59 Å². The van der Waals surface area contributed by atoms with Crippen molar-refractivity contribution in [2.75, 3.05) is 18.4 Å². The van der Waals surface area contributed by atoms with Gasteiger partial charge in [-0.1, -0.05) is 70.7 Å². The van der Waals surface area contributed by atoms with Crippen molar-refractivity contribution in [1.82, 2.24) is 14.7 Å². The van der Waals surface area contributed by atoms with Gasteiger partial charge in [-0.2, -0.15) is 5.10 Å². The molecule has 0 bridgehead atoms. The summed E-state index contributed by atoms with van der Waals surface area (Å²) in [6.45, 7) is 10.8. The Morgan fingerprint density at radius 3 is 2.38 bits per heavy atom. The van der Waals surface area contributed by atoms with E-state index in [1.165, 1.54) is 0 Å². The van der Waals surface area contributed by atoms with Gasteiger partial charge in [0.15, 0.2) is 0 Å². The van der Waals surface area contributed by atoms with Crippen LogP contribution in [0.25, 0.3) is 5.69 Å². The van der Waals surface area contributed by atoms with Crippen molar-refractivity contribution in [3.05, 3.63) is 40.0 Å². The van der Waals surface area contributed by atoms with E-state index in [1.807, 2.05) is 13.0 Å². The summed E-state index contributed by atoms with van der Waals surface area (Å²) in [5, 5.41) is 8.49. The number of carbonyl (C=O) groups excluding carboxylic acids is 2. The van der Waals surface area contributed by atoms with Crippen LogP contribution in [-0.2, 0) is 15.0 Å². The predicted octanol–water partition coefficient (Wildman–Crippen LogP) is 6.23. The van der Waals surface area contributed by atoms with Crippen molar-refractivity contribution in [2.24, 2.45) is 0 Å². The first kappa shape index (κ1) is 26.2. The van der Waals surface area contributed by atoms with E-state index >= 15 is 0 Å². The highest BCUT2D eigenvalue weighted by Crippen LogP contribution is 2.29. The molecule has 0 saturated carbocycles. The monoisotopic (exact) mass is 480 g/mol. The van der Waals surface area contributed by atoms with Gasteiger partial charge >= 0.3 is 0 Å². The lowest BCUT2D eigenvalue weighted by Gasteiger charge is -2.22. The first-order valence-corrected chi connectivity index (χ1v) is 12.0. The normalized spacial score (nSPS) is 11.5. The molecule has 0 atom stereocenters. The average Bonchev–Trinajstić information content (AvgIpc) is 3.13. The fourth-order valence-corrected chi connectivity index (χ4v) is 3.51. The minimum Gasteiger partial charge on any atom is -0.333 e. The van der Waals surface area contributed by atoms with Crippen molar-refractivity contribution in [3.63, 3.8) is 0 Å². The van der Waals surface area contributed by atoms with Gasteiger partial charge < -0.3 is 10.2 Å². The summed E-state index contributed by atoms with van der Waals surface area (Å²) in [4.78, 5) is 27.1. The number of amides is 2. The van der Waals surface area contributed by atoms with E-state index in [-0.39, 0.29) is 23.8 Å². The van der Waals surface area contributed by atoms with E-state index in [1.54, 1.807) is 27.8 Å². The zero-order valence-electron chi connectivity index (χ0n) is 19.7. The number of nitrogens with zero attached hydrogens (tertiary/aromatic N) is 3. The van der Waals surface area contributed by atoms with E-state index in [2.05, 4.69) is 33.0 Å². The fraction of sp³-hybridized carbons (Fsp3) is 0.542. The number of unbranched alkanes of at least 4 members (excludes halogenated alkanes) is 2. The lowest BCUT2D eigenvalue weighted by Crippen LogP contribution is -2.38. The Bertz CT molecular complexity index is 935. The molecule has 0 aliphatic carbocycles. The minimum absolute atomic E-state index is 0.00660. The van der Waals surface area contributed by atoms with Gasteiger partial charge in [0.05, 0.1) is 28.0 Å². The average molecular weight is 481 g/mol. The summed E-state index contributed by atoms with van der Waals surface area (Å²) < 4.78 is 1.65. The summed E-state index contributed by atoms with van der Waals surface area (Å²) >= 11 is 12.3. The summed E-state index contributed by atoms with van der Waals surface area (Å²) in [6, 6.07) is 7.06. The molecule has 176 valence electrons. The summed E-state index contributed by atoms with van der Waals surface area (Å²) in [5.74, 6) is 0.273. The number of anilines is 1. The third-order valence-electron chi connectivity index (χ3n) is 5.08. The number of aromatic nitrogens is 2. The molecule has 0 radical (unpaired) electrons. The number of carbonyl (C=O) groups is 2. The molecule has 6 nitrogen and oxygen atoms in total. The first-order valence-electron chi connectivity index (χ1n) is 11.2. The minimum atomic E-state index is -0.257. The highest BCUT2D eigenvalue weighted by atomic mass is 35.5. The standard InChI is InChI=1S/C24H34Cl2N4O2/c1-6-8-9-13-29(23(32)10-7-2)16-22(31)27-21-15-20(24(3,4)5)28-30(21)17-11-12-18(25)19(26)14-17/h11-12,14-15H,6-10,13,16H2,1-5H3,(H,27,31). The molecule has 2 aromatic rings. The van der Waals surface area contributed by atoms with Crippen LogP contribution in [0.15, 0.2) is 24.3 Å². The largest absolute Gasteiger partial charge is 0.333 e. The molecule has 32 heavy (non-hydrogen) atoms. The zero-order valence-corrected chi connectivity index (χ0v) is 21.2. The first-order chi connectivity index (χ1) is 15.1. The van der Waals surface area contributed by atoms with E-state index in [9.17, 15) is 9.59 Å². The Hall–Kier alpha value is -2.05. The zero-order chi connectivity index (χ0) is 23.9. The molecule has 2 rings (SSSR count). The van der Waals surface area contributed by atoms with Crippen LogP contribution in [0.1, 0.15) is 72.4 Å². The molecule has 0 spiro atoms. The SMILES string of the molecule is CCCCCN(CC(=O)Nc1cc(C(C)(C)C)nn1-c1ccc(Cl)c(Cl)c1)C(=O)CCC. The van der Waals surface area contributed by atoms with E-state index in [0.29, 0.717) is 34.5 Å². The molecule has 1 aromatic heterocycles. The van der Waals surface area contributed by atoms with Crippen molar-refractivity contribution < 1.29 is 9.59 Å². The number of hydrogen-bond acceptors (Lipinski definition) is 3. The molecular formula is C24H34Cl2N4O2. The maximum absolute atomic E-state index is 12.9. The molecule has 0 fully saturated rings. The van der Waals surface area contributed by atoms with Crippen molar-refractivity contribution in [3.8, 4) is 5.69 Å². The predicted molar refractivity (Wildman–Crippen MR) is 132 cm³/mol. The highest BCUT2D eigenvalue weighted by molar-refractivity contribution is 6.42. The summed E-state index contributed by atoms with van der Waals surface area (Å²) in [6.07, 6.45) is 4.16. The van der Waals surface area contributed by atoms with E-state index in [4.69, 9.17) is 28.3 Å². The topological polar surface area (TPSA) is 67.2 Å². The number of benzene rings is 1. The van der Waals surface area contributed by atoms with Gasteiger partial charge in [-0.15, -0.1) is 0 Å². The smallest absolute Gasteiger partial charge is 0.245 e. The van der Waals surface area contributed by atoms with Crippen LogP contribution >= 0.6 is 23.2 Å². The third-order valence-corrected chi connectivity index (χ3v) is 5.81. The Kier molecular flexibility index (Phi) is 9.59. The molecule has 1 N–H and O–H groups in total. The Morgan fingerprint density at radius 2 is 1.78 bits per heavy atom. The van der Waals surface area contributed by atoms with Crippen LogP contribution in [-0.4, -0.2) is 39.6 Å². The second-order valence-electron chi connectivity index (χ2n) is 9.00. The molecule has 1 aromatic carbocycles. The lowest BCUT2D eigenvalue weighted by molar-refractivity contribution is -0.134. The molecular weight excluding hydrogens is 447 g/mol. The fourth-order valence-electron chi connectivity index (χ4n) is 3.22. The highest BCUT2D eigenvalue weighted by Gasteiger charge is 2.23. The lowest BCUT2D eigenvalue weighted by atomic mass is 9.92. The number of nitrogens with one attached hydrogen (secondary N) is 1. The molecule has 0 aliphatic heterocycles. The summed E-state index contributed by atoms with van der Waals surface area (Å²) in [5.41, 5.74) is 1.29. The van der Waals surface area contributed by atoms with Crippen molar-refractivity contribution in [2.45, 2.75) is 72.1 Å². The molecule has 2 amide bonds. The maximum atomic E-state index is 12.9. The Balaban J connectivity index is 2.28. The van der Waals surface area contributed by atoms with Crippen LogP contribution in [0, 0.1) is 0 Å². The van der Waals surface area contributed by atoms with E-state index < -0.39 is 0 Å². The third kappa shape index (κ3) is 7.24. The second-order valence-corrected chi connectivity index (χ2v) is 9.81. The Labute approximate surface area is 201 Å². The van der Waals surface area contributed by atoms with Gasteiger partial charge in [0.2, 0.25) is 11.8 Å². The van der Waals surface area contributed by atoms with Gasteiger partial charge in [-0.25, -0.2) is 4.68 Å². The van der Waals surface area contributed by atoms with Crippen LogP contribution in [0.3, 0.4) is 0 Å². The number of rotatable bonds is 10. The van der Waals surface area contributed by atoms with Gasteiger partial charge in [0.1, 0.15) is 5.82 Å². The molecule has 0 saturated heterocycles. The van der Waals surface area contributed by atoms with Crippen molar-refractivity contribution in [1.29, 1.82) is 0 Å². The van der Waals surface area contributed by atoms with Crippen LogP contribution in [0.2, 0.25) is 10.0 Å². The quantitative estimate of drug-likeness (QED) is 0.409. The maximum Gasteiger partial charge on any atom is 0.245 e. The number of halogens is 2. The van der Waals surface area contributed by atoms with Gasteiger partial charge in [-0.05, 0) is 31.0 Å². The molecule has 8 heteroatoms. The van der Waals surface area contributed by atoms with E-state index in [0.717, 1.165) is 31.4 Å². The van der Waals surface area contributed by atoms with Crippen molar-refractivity contribution >= 4 is 40.8 Å². The van der Waals surface area contributed by atoms with Crippen LogP contribution in [0.5, 0.6) is 0 Å². The molecule has 0 aliphatic rings. The Morgan fingerprint density at radius 1 is 1.06 bits per heavy atom. The molecule has 1 heterocycles. The van der Waals surface area contributed by atoms with Crippen LogP contribution < -0.4 is 5.32 Å². The summed E-state index contributed by atoms with van der Waals surface area (Å²) in [7, 11) is 0. The molecule has 0 unspecified atom stereocenters. The van der Waals surface area contributed by atoms with Gasteiger partial charge in [0.25, 0.3) is 0 Å². The second kappa shape index (κ2) is 11.7. The van der Waals surface area contributed by atoms with Crippen LogP contribution in [0.4, 0.5) is 5.82 Å². The number of hydrogen-bond donors (Lipinski definition) is 1.